The van der Waals surface area contributed by atoms with E-state index in [0.717, 1.165) is 15.6 Å². The third kappa shape index (κ3) is 4.34. The Morgan fingerprint density at radius 2 is 1.68 bits per heavy atom. The van der Waals surface area contributed by atoms with Crippen LogP contribution in [-0.4, -0.2) is 10.7 Å². The van der Waals surface area contributed by atoms with Crippen LogP contribution in [0.1, 0.15) is 18.1 Å². The maximum absolute atomic E-state index is 10.6. The Balaban J connectivity index is 2.10. The number of hydrogen-bond acceptors (Lipinski definition) is 1. The highest BCUT2D eigenvalue weighted by molar-refractivity contribution is 9.10. The minimum Gasteiger partial charge on any atom is -0.389 e. The van der Waals surface area contributed by atoms with Crippen LogP contribution in [0.2, 0.25) is 5.02 Å². The molecule has 19 heavy (non-hydrogen) atoms. The minimum atomic E-state index is -0.780. The summed E-state index contributed by atoms with van der Waals surface area (Å²) in [6.07, 6.45) is 1.21. The van der Waals surface area contributed by atoms with Gasteiger partial charge in [0.15, 0.2) is 0 Å². The first-order valence-electron chi connectivity index (χ1n) is 6.16. The third-order valence-corrected chi connectivity index (χ3v) is 4.05. The first kappa shape index (κ1) is 14.6. The van der Waals surface area contributed by atoms with E-state index in [1.165, 1.54) is 0 Å². The lowest BCUT2D eigenvalue weighted by Gasteiger charge is -2.24. The molecule has 1 nitrogen and oxygen atoms in total. The molecule has 1 atom stereocenters. The summed E-state index contributed by atoms with van der Waals surface area (Å²) in [5.41, 5.74) is 1.42. The second-order valence-corrected chi connectivity index (χ2v) is 6.36. The Labute approximate surface area is 127 Å². The Bertz CT molecular complexity index is 549. The zero-order valence-electron chi connectivity index (χ0n) is 10.7. The maximum atomic E-state index is 10.6. The highest BCUT2D eigenvalue weighted by Gasteiger charge is 2.22. The van der Waals surface area contributed by atoms with Gasteiger partial charge in [-0.1, -0.05) is 57.9 Å². The molecule has 100 valence electrons. The van der Waals surface area contributed by atoms with Crippen LogP contribution in [0.15, 0.2) is 53.0 Å². The SMILES string of the molecule is CC(O)(Cc1ccc(Cl)cc1)Cc1ccccc1Br. The van der Waals surface area contributed by atoms with E-state index in [-0.39, 0.29) is 0 Å². The second-order valence-electron chi connectivity index (χ2n) is 5.07. The molecule has 2 rings (SSSR count). The molecule has 0 radical (unpaired) electrons. The van der Waals surface area contributed by atoms with E-state index >= 15 is 0 Å². The molecule has 0 fully saturated rings. The van der Waals surface area contributed by atoms with Crippen LogP contribution in [0.25, 0.3) is 0 Å². The number of benzene rings is 2. The van der Waals surface area contributed by atoms with Gasteiger partial charge in [0.1, 0.15) is 0 Å². The highest BCUT2D eigenvalue weighted by atomic mass is 79.9. The molecule has 0 heterocycles. The van der Waals surface area contributed by atoms with Crippen molar-refractivity contribution in [2.45, 2.75) is 25.4 Å². The fourth-order valence-electron chi connectivity index (χ4n) is 2.16. The normalized spacial score (nSPS) is 14.1. The lowest BCUT2D eigenvalue weighted by atomic mass is 9.90. The maximum Gasteiger partial charge on any atom is 0.0700 e. The van der Waals surface area contributed by atoms with Gasteiger partial charge in [0.2, 0.25) is 0 Å². The Hall–Kier alpha value is -0.830. The molecule has 3 heteroatoms. The van der Waals surface area contributed by atoms with Crippen LogP contribution in [0.3, 0.4) is 0 Å². The van der Waals surface area contributed by atoms with Crippen LogP contribution in [0.5, 0.6) is 0 Å². The van der Waals surface area contributed by atoms with Gasteiger partial charge in [-0.3, -0.25) is 0 Å². The highest BCUT2D eigenvalue weighted by Crippen LogP contribution is 2.24. The Kier molecular flexibility index (Phi) is 4.67. The molecular weight excluding hydrogens is 324 g/mol. The van der Waals surface area contributed by atoms with Gasteiger partial charge in [-0.2, -0.15) is 0 Å². The van der Waals surface area contributed by atoms with E-state index in [1.54, 1.807) is 0 Å². The molecular formula is C16H16BrClO. The van der Waals surface area contributed by atoms with Crippen LogP contribution in [0.4, 0.5) is 0 Å². The van der Waals surface area contributed by atoms with Crippen LogP contribution in [0, 0.1) is 0 Å². The van der Waals surface area contributed by atoms with Crippen LogP contribution >= 0.6 is 27.5 Å². The molecule has 1 N–H and O–H groups in total. The molecule has 2 aromatic rings. The summed E-state index contributed by atoms with van der Waals surface area (Å²) in [5.74, 6) is 0. The van der Waals surface area contributed by atoms with E-state index in [4.69, 9.17) is 11.6 Å². The van der Waals surface area contributed by atoms with E-state index in [2.05, 4.69) is 15.9 Å². The number of aliphatic hydroxyl groups is 1. The van der Waals surface area contributed by atoms with Crippen LogP contribution in [-0.2, 0) is 12.8 Å². The lowest BCUT2D eigenvalue weighted by Crippen LogP contribution is -2.30. The Morgan fingerprint density at radius 3 is 2.32 bits per heavy atom. The number of hydrogen-bond donors (Lipinski definition) is 1. The van der Waals surface area contributed by atoms with E-state index < -0.39 is 5.60 Å². The van der Waals surface area contributed by atoms with Crippen molar-refractivity contribution in [3.05, 3.63) is 69.2 Å². The number of halogens is 2. The van der Waals surface area contributed by atoms with E-state index in [0.29, 0.717) is 17.9 Å². The topological polar surface area (TPSA) is 20.2 Å². The van der Waals surface area contributed by atoms with Crippen LogP contribution < -0.4 is 0 Å². The van der Waals surface area contributed by atoms with Gasteiger partial charge in [0.25, 0.3) is 0 Å². The van der Waals surface area contributed by atoms with Gasteiger partial charge in [-0.05, 0) is 36.2 Å². The van der Waals surface area contributed by atoms with Gasteiger partial charge in [0, 0.05) is 22.3 Å². The van der Waals surface area contributed by atoms with Crippen molar-refractivity contribution >= 4 is 27.5 Å². The molecule has 0 aromatic heterocycles. The second kappa shape index (κ2) is 6.08. The van der Waals surface area contributed by atoms with Gasteiger partial charge in [-0.15, -0.1) is 0 Å². The summed E-state index contributed by atoms with van der Waals surface area (Å²) in [5, 5.41) is 11.3. The average Bonchev–Trinajstić information content (AvgIpc) is 2.35. The molecule has 1 unspecified atom stereocenters. The monoisotopic (exact) mass is 338 g/mol. The zero-order valence-corrected chi connectivity index (χ0v) is 13.1. The lowest BCUT2D eigenvalue weighted by molar-refractivity contribution is 0.0607. The standard InChI is InChI=1S/C16H16BrClO/c1-16(19,10-12-6-8-14(18)9-7-12)11-13-4-2-3-5-15(13)17/h2-9,19H,10-11H2,1H3. The third-order valence-electron chi connectivity index (χ3n) is 3.03. The fourth-order valence-corrected chi connectivity index (χ4v) is 2.71. The molecule has 0 saturated carbocycles. The summed E-state index contributed by atoms with van der Waals surface area (Å²) >= 11 is 9.38. The van der Waals surface area contributed by atoms with Crippen molar-refractivity contribution in [1.82, 2.24) is 0 Å². The van der Waals surface area contributed by atoms with Gasteiger partial charge in [0.05, 0.1) is 5.60 Å². The minimum absolute atomic E-state index is 0.603. The fraction of sp³-hybridized carbons (Fsp3) is 0.250. The first-order chi connectivity index (χ1) is 8.96. The number of rotatable bonds is 4. The molecule has 2 aromatic carbocycles. The van der Waals surface area contributed by atoms with Crippen molar-refractivity contribution in [3.63, 3.8) is 0 Å². The molecule has 0 saturated heterocycles. The van der Waals surface area contributed by atoms with Crippen molar-refractivity contribution in [3.8, 4) is 0 Å². The smallest absolute Gasteiger partial charge is 0.0700 e. The van der Waals surface area contributed by atoms with Crippen molar-refractivity contribution in [2.75, 3.05) is 0 Å². The summed E-state index contributed by atoms with van der Waals surface area (Å²) < 4.78 is 1.03. The molecule has 0 amide bonds. The molecule has 0 spiro atoms. The summed E-state index contributed by atoms with van der Waals surface area (Å²) in [6, 6.07) is 15.6. The summed E-state index contributed by atoms with van der Waals surface area (Å²) in [7, 11) is 0. The predicted octanol–water partition coefficient (Wildman–Crippen LogP) is 4.64. The van der Waals surface area contributed by atoms with Gasteiger partial charge in [-0.25, -0.2) is 0 Å². The van der Waals surface area contributed by atoms with Gasteiger partial charge >= 0.3 is 0 Å². The van der Waals surface area contributed by atoms with Gasteiger partial charge < -0.3 is 5.11 Å². The van der Waals surface area contributed by atoms with Crippen molar-refractivity contribution in [1.29, 1.82) is 0 Å². The molecule has 0 aliphatic carbocycles. The first-order valence-corrected chi connectivity index (χ1v) is 7.34. The van der Waals surface area contributed by atoms with Crippen molar-refractivity contribution < 1.29 is 5.11 Å². The summed E-state index contributed by atoms with van der Waals surface area (Å²) in [6.45, 7) is 1.86. The Morgan fingerprint density at radius 1 is 1.05 bits per heavy atom. The van der Waals surface area contributed by atoms with E-state index in [9.17, 15) is 5.11 Å². The largest absolute Gasteiger partial charge is 0.389 e. The quantitative estimate of drug-likeness (QED) is 0.860. The molecule has 0 aliphatic rings. The summed E-state index contributed by atoms with van der Waals surface area (Å²) in [4.78, 5) is 0. The zero-order chi connectivity index (χ0) is 13.9. The molecule has 0 aliphatic heterocycles. The molecule has 0 bridgehead atoms. The van der Waals surface area contributed by atoms with E-state index in [1.807, 2.05) is 55.5 Å². The predicted molar refractivity (Wildman–Crippen MR) is 83.6 cm³/mol. The van der Waals surface area contributed by atoms with Crippen molar-refractivity contribution in [2.24, 2.45) is 0 Å². The average molecular weight is 340 g/mol.